The molecule has 0 atom stereocenters. The van der Waals surface area contributed by atoms with Crippen LogP contribution in [0.5, 0.6) is 0 Å². The summed E-state index contributed by atoms with van der Waals surface area (Å²) in [5, 5.41) is 24.8. The lowest BCUT2D eigenvalue weighted by Crippen LogP contribution is -2.33. The largest absolute Gasteiger partial charge is 0.382 e. The molecule has 1 heterocycles. The Bertz CT molecular complexity index is 614. The SMILES string of the molecule is N#C/C(=N\Nc1ccc2c(c1)NC(=O)NC2)C(=N)N. The van der Waals surface area contributed by atoms with E-state index in [1.54, 1.807) is 18.2 Å². The first kappa shape index (κ1) is 12.4. The third-order valence-electron chi connectivity index (χ3n) is 2.46. The molecule has 0 aliphatic carbocycles. The summed E-state index contributed by atoms with van der Waals surface area (Å²) in [4.78, 5) is 11.2. The van der Waals surface area contributed by atoms with Crippen LogP contribution in [-0.2, 0) is 6.54 Å². The van der Waals surface area contributed by atoms with Gasteiger partial charge in [-0.3, -0.25) is 10.8 Å². The van der Waals surface area contributed by atoms with Crippen molar-refractivity contribution in [1.82, 2.24) is 5.32 Å². The molecule has 2 amide bonds. The van der Waals surface area contributed by atoms with E-state index in [1.807, 2.05) is 6.07 Å². The number of hydrazone groups is 1. The second-order valence-electron chi connectivity index (χ2n) is 3.78. The summed E-state index contributed by atoms with van der Waals surface area (Å²) in [5.41, 5.74) is 9.77. The van der Waals surface area contributed by atoms with E-state index in [9.17, 15) is 4.79 Å². The first-order valence-electron chi connectivity index (χ1n) is 5.36. The van der Waals surface area contributed by atoms with Crippen molar-refractivity contribution in [1.29, 1.82) is 10.7 Å². The Morgan fingerprint density at radius 2 is 2.37 bits per heavy atom. The highest BCUT2D eigenvalue weighted by Gasteiger charge is 2.13. The molecule has 1 aromatic carbocycles. The maximum absolute atomic E-state index is 11.2. The van der Waals surface area contributed by atoms with Gasteiger partial charge in [0.2, 0.25) is 5.71 Å². The summed E-state index contributed by atoms with van der Waals surface area (Å²) >= 11 is 0. The Morgan fingerprint density at radius 1 is 1.58 bits per heavy atom. The van der Waals surface area contributed by atoms with E-state index >= 15 is 0 Å². The second kappa shape index (κ2) is 5.05. The molecule has 6 N–H and O–H groups in total. The zero-order chi connectivity index (χ0) is 13.8. The molecule has 2 rings (SSSR count). The summed E-state index contributed by atoms with van der Waals surface area (Å²) in [6.07, 6.45) is 0. The van der Waals surface area contributed by atoms with Gasteiger partial charge in [0.15, 0.2) is 5.84 Å². The minimum atomic E-state index is -0.412. The molecule has 1 aliphatic rings. The van der Waals surface area contributed by atoms with Crippen molar-refractivity contribution in [3.05, 3.63) is 23.8 Å². The fourth-order valence-corrected chi connectivity index (χ4v) is 1.52. The number of nitrogens with two attached hydrogens (primary N) is 1. The summed E-state index contributed by atoms with van der Waals surface area (Å²) in [6, 6.07) is 6.68. The molecule has 0 unspecified atom stereocenters. The number of carbonyl (C=O) groups is 1. The lowest BCUT2D eigenvalue weighted by molar-refractivity contribution is 0.251. The summed E-state index contributed by atoms with van der Waals surface area (Å²) in [6.45, 7) is 0.460. The Labute approximate surface area is 108 Å². The number of fused-ring (bicyclic) bond motifs is 1. The number of hydrogen-bond donors (Lipinski definition) is 5. The maximum atomic E-state index is 11.2. The van der Waals surface area contributed by atoms with Crippen LogP contribution < -0.4 is 21.8 Å². The maximum Gasteiger partial charge on any atom is 0.319 e. The second-order valence-corrected chi connectivity index (χ2v) is 3.78. The first-order valence-corrected chi connectivity index (χ1v) is 5.36. The number of rotatable bonds is 3. The molecule has 19 heavy (non-hydrogen) atoms. The highest BCUT2D eigenvalue weighted by atomic mass is 16.2. The molecular formula is C11H11N7O. The van der Waals surface area contributed by atoms with E-state index < -0.39 is 5.84 Å². The van der Waals surface area contributed by atoms with Gasteiger partial charge in [-0.25, -0.2) is 4.79 Å². The van der Waals surface area contributed by atoms with Crippen LogP contribution in [0.3, 0.4) is 0 Å². The Hall–Kier alpha value is -3.08. The lowest BCUT2D eigenvalue weighted by atomic mass is 10.1. The summed E-state index contributed by atoms with van der Waals surface area (Å²) in [7, 11) is 0. The summed E-state index contributed by atoms with van der Waals surface area (Å²) < 4.78 is 0. The molecule has 0 fully saturated rings. The number of benzene rings is 1. The van der Waals surface area contributed by atoms with Crippen molar-refractivity contribution in [2.75, 3.05) is 10.7 Å². The number of amidine groups is 1. The molecular weight excluding hydrogens is 246 g/mol. The molecule has 0 aromatic heterocycles. The molecule has 1 aromatic rings. The molecule has 0 radical (unpaired) electrons. The standard InChI is InChI=1S/C11H11N7O/c12-4-9(10(13)14)18-17-7-2-1-6-5-15-11(19)16-8(6)3-7/h1-3,17H,5H2,(H3,13,14)(H2,15,16,19)/b18-9+. The smallest absolute Gasteiger partial charge is 0.319 e. The molecule has 96 valence electrons. The Morgan fingerprint density at radius 3 is 3.05 bits per heavy atom. The van der Waals surface area contributed by atoms with Crippen molar-refractivity contribution in [3.63, 3.8) is 0 Å². The summed E-state index contributed by atoms with van der Waals surface area (Å²) in [5.74, 6) is -0.412. The van der Waals surface area contributed by atoms with Gasteiger partial charge in [0, 0.05) is 12.2 Å². The Balaban J connectivity index is 2.19. The fourth-order valence-electron chi connectivity index (χ4n) is 1.52. The Kier molecular flexibility index (Phi) is 3.29. The van der Waals surface area contributed by atoms with Crippen LogP contribution >= 0.6 is 0 Å². The quantitative estimate of drug-likeness (QED) is 0.306. The van der Waals surface area contributed by atoms with Crippen molar-refractivity contribution >= 4 is 29.0 Å². The topological polar surface area (TPSA) is 139 Å². The highest BCUT2D eigenvalue weighted by molar-refractivity contribution is 6.45. The van der Waals surface area contributed by atoms with Gasteiger partial charge in [-0.15, -0.1) is 0 Å². The van der Waals surface area contributed by atoms with Gasteiger partial charge < -0.3 is 16.4 Å². The number of nitrogens with zero attached hydrogens (tertiary/aromatic N) is 2. The average Bonchev–Trinajstić information content (AvgIpc) is 2.38. The van der Waals surface area contributed by atoms with Gasteiger partial charge in [-0.2, -0.15) is 10.4 Å². The number of nitriles is 1. The number of hydrogen-bond acceptors (Lipinski definition) is 5. The van der Waals surface area contributed by atoms with Crippen LogP contribution in [0.4, 0.5) is 16.2 Å². The van der Waals surface area contributed by atoms with E-state index in [4.69, 9.17) is 16.4 Å². The van der Waals surface area contributed by atoms with Crippen LogP contribution in [0.25, 0.3) is 0 Å². The van der Waals surface area contributed by atoms with Gasteiger partial charge in [-0.05, 0) is 17.7 Å². The lowest BCUT2D eigenvalue weighted by Gasteiger charge is -2.18. The van der Waals surface area contributed by atoms with E-state index in [-0.39, 0.29) is 11.7 Å². The molecule has 0 saturated carbocycles. The van der Waals surface area contributed by atoms with E-state index in [0.29, 0.717) is 17.9 Å². The van der Waals surface area contributed by atoms with E-state index in [2.05, 4.69) is 21.2 Å². The highest BCUT2D eigenvalue weighted by Crippen LogP contribution is 2.23. The third-order valence-corrected chi connectivity index (χ3v) is 2.46. The van der Waals surface area contributed by atoms with Crippen LogP contribution in [-0.4, -0.2) is 17.6 Å². The monoisotopic (exact) mass is 257 g/mol. The predicted octanol–water partition coefficient (Wildman–Crippen LogP) is 0.549. The van der Waals surface area contributed by atoms with Gasteiger partial charge in [0.05, 0.1) is 5.69 Å². The van der Waals surface area contributed by atoms with Gasteiger partial charge in [-0.1, -0.05) is 6.07 Å². The molecule has 8 nitrogen and oxygen atoms in total. The minimum Gasteiger partial charge on any atom is -0.382 e. The molecule has 0 bridgehead atoms. The normalized spacial score (nSPS) is 13.6. The average molecular weight is 257 g/mol. The molecule has 0 spiro atoms. The van der Waals surface area contributed by atoms with Crippen molar-refractivity contribution < 1.29 is 4.79 Å². The third kappa shape index (κ3) is 2.78. The predicted molar refractivity (Wildman–Crippen MR) is 70.9 cm³/mol. The van der Waals surface area contributed by atoms with E-state index in [0.717, 1.165) is 5.56 Å². The zero-order valence-corrected chi connectivity index (χ0v) is 9.82. The number of nitrogens with one attached hydrogen (secondary N) is 4. The van der Waals surface area contributed by atoms with E-state index in [1.165, 1.54) is 0 Å². The number of carbonyl (C=O) groups excluding carboxylic acids is 1. The molecule has 0 saturated heterocycles. The first-order chi connectivity index (χ1) is 9.10. The van der Waals surface area contributed by atoms with Crippen molar-refractivity contribution in [3.8, 4) is 6.07 Å². The number of urea groups is 1. The fraction of sp³-hybridized carbons (Fsp3) is 0.0909. The van der Waals surface area contributed by atoms with Gasteiger partial charge >= 0.3 is 6.03 Å². The van der Waals surface area contributed by atoms with Crippen LogP contribution in [0.15, 0.2) is 23.3 Å². The minimum absolute atomic E-state index is 0.205. The van der Waals surface area contributed by atoms with Crippen LogP contribution in [0.1, 0.15) is 5.56 Å². The van der Waals surface area contributed by atoms with Gasteiger partial charge in [0.1, 0.15) is 6.07 Å². The number of amides is 2. The van der Waals surface area contributed by atoms with Crippen molar-refractivity contribution in [2.45, 2.75) is 6.54 Å². The molecule has 1 aliphatic heterocycles. The molecule has 8 heteroatoms. The van der Waals surface area contributed by atoms with Gasteiger partial charge in [0.25, 0.3) is 0 Å². The van der Waals surface area contributed by atoms with Crippen molar-refractivity contribution in [2.24, 2.45) is 10.8 Å². The number of anilines is 2. The van der Waals surface area contributed by atoms with Crippen LogP contribution in [0, 0.1) is 16.7 Å². The van der Waals surface area contributed by atoms with Crippen LogP contribution in [0.2, 0.25) is 0 Å². The zero-order valence-electron chi connectivity index (χ0n) is 9.82.